The van der Waals surface area contributed by atoms with Gasteiger partial charge in [0.25, 0.3) is 0 Å². The lowest BCUT2D eigenvalue weighted by Gasteiger charge is -2.29. The molecule has 2 heteroatoms. The van der Waals surface area contributed by atoms with Crippen LogP contribution in [0.15, 0.2) is 10.5 Å². The van der Waals surface area contributed by atoms with Gasteiger partial charge in [-0.2, -0.15) is 0 Å². The zero-order chi connectivity index (χ0) is 12.0. The molecule has 0 bridgehead atoms. The summed E-state index contributed by atoms with van der Waals surface area (Å²) in [6.45, 7) is 12.3. The van der Waals surface area contributed by atoms with Gasteiger partial charge in [-0.15, -0.1) is 11.8 Å². The third-order valence-corrected chi connectivity index (χ3v) is 4.48. The molecule has 1 nitrogen and oxygen atoms in total. The first-order valence-electron chi connectivity index (χ1n) is 6.00. The molecule has 0 saturated carbocycles. The van der Waals surface area contributed by atoms with Gasteiger partial charge in [0.1, 0.15) is 0 Å². The van der Waals surface area contributed by atoms with Crippen molar-refractivity contribution < 1.29 is 4.79 Å². The van der Waals surface area contributed by atoms with Crippen LogP contribution < -0.4 is 0 Å². The van der Waals surface area contributed by atoms with Gasteiger partial charge in [0, 0.05) is 16.7 Å². The molecule has 1 rings (SSSR count). The van der Waals surface area contributed by atoms with Crippen LogP contribution in [0.5, 0.6) is 0 Å². The van der Waals surface area contributed by atoms with E-state index in [1.54, 1.807) is 0 Å². The second kappa shape index (κ2) is 7.10. The van der Waals surface area contributed by atoms with Gasteiger partial charge in [0.15, 0.2) is 5.78 Å². The van der Waals surface area contributed by atoms with Crippen LogP contribution >= 0.6 is 11.8 Å². The molecule has 0 saturated heterocycles. The fourth-order valence-corrected chi connectivity index (χ4v) is 3.21. The van der Waals surface area contributed by atoms with E-state index >= 15 is 0 Å². The van der Waals surface area contributed by atoms with Crippen molar-refractivity contribution in [2.24, 2.45) is 5.92 Å². The lowest BCUT2D eigenvalue weighted by Crippen LogP contribution is -2.29. The van der Waals surface area contributed by atoms with E-state index in [1.807, 2.05) is 32.5 Å². The molecule has 0 fully saturated rings. The molecular weight excluding hydrogens is 204 g/mol. The Morgan fingerprint density at radius 2 is 1.67 bits per heavy atom. The minimum absolute atomic E-state index is 0.263. The molecule has 1 heterocycles. The molecule has 0 spiro atoms. The second-order valence-electron chi connectivity index (χ2n) is 3.62. The van der Waals surface area contributed by atoms with E-state index in [0.717, 1.165) is 18.4 Å². The maximum Gasteiger partial charge on any atom is 0.163 e. The molecule has 1 aliphatic rings. The standard InChI is InChI=1S/C11H18OS.C2H6/c1-5-9-10(6-2)13-8(4)7(3)11(9)12;1-2/h9-10H,5-6H2,1-4H3;1-2H3. The predicted octanol–water partition coefficient (Wildman–Crippen LogP) is 4.43. The Labute approximate surface area is 98.7 Å². The fourth-order valence-electron chi connectivity index (χ4n) is 1.83. The molecule has 0 aromatic carbocycles. The minimum Gasteiger partial charge on any atom is -0.294 e. The van der Waals surface area contributed by atoms with Gasteiger partial charge in [0.05, 0.1) is 0 Å². The van der Waals surface area contributed by atoms with Crippen LogP contribution in [0.25, 0.3) is 0 Å². The molecule has 0 amide bonds. The number of hydrogen-bond acceptors (Lipinski definition) is 2. The van der Waals surface area contributed by atoms with Crippen LogP contribution in [-0.4, -0.2) is 11.0 Å². The third-order valence-electron chi connectivity index (χ3n) is 2.85. The maximum absolute atomic E-state index is 11.9. The third kappa shape index (κ3) is 3.37. The van der Waals surface area contributed by atoms with Gasteiger partial charge < -0.3 is 0 Å². The molecule has 0 aromatic heterocycles. The van der Waals surface area contributed by atoms with Gasteiger partial charge in [0.2, 0.25) is 0 Å². The normalized spacial score (nSPS) is 26.1. The molecule has 15 heavy (non-hydrogen) atoms. The van der Waals surface area contributed by atoms with Crippen molar-refractivity contribution in [3.05, 3.63) is 10.5 Å². The van der Waals surface area contributed by atoms with Gasteiger partial charge in [-0.1, -0.05) is 27.7 Å². The Morgan fingerprint density at radius 1 is 1.13 bits per heavy atom. The van der Waals surface area contributed by atoms with Crippen molar-refractivity contribution in [3.8, 4) is 0 Å². The Morgan fingerprint density at radius 3 is 2.07 bits per heavy atom. The van der Waals surface area contributed by atoms with Crippen LogP contribution in [0.1, 0.15) is 54.4 Å². The van der Waals surface area contributed by atoms with E-state index in [0.29, 0.717) is 11.0 Å². The predicted molar refractivity (Wildman–Crippen MR) is 70.2 cm³/mol. The molecule has 2 atom stereocenters. The first kappa shape index (κ1) is 14.8. The number of allylic oxidation sites excluding steroid dienone is 2. The SMILES string of the molecule is CC.CCC1SC(C)=C(C)C(=O)C1CC. The monoisotopic (exact) mass is 228 g/mol. The van der Waals surface area contributed by atoms with Gasteiger partial charge in [-0.3, -0.25) is 4.79 Å². The largest absolute Gasteiger partial charge is 0.294 e. The van der Waals surface area contributed by atoms with Crippen LogP contribution in [0, 0.1) is 5.92 Å². The summed E-state index contributed by atoms with van der Waals surface area (Å²) in [7, 11) is 0. The van der Waals surface area contributed by atoms with E-state index in [-0.39, 0.29) is 5.92 Å². The smallest absolute Gasteiger partial charge is 0.163 e. The van der Waals surface area contributed by atoms with E-state index < -0.39 is 0 Å². The van der Waals surface area contributed by atoms with Crippen LogP contribution in [0.2, 0.25) is 0 Å². The molecule has 0 N–H and O–H groups in total. The summed E-state index contributed by atoms with van der Waals surface area (Å²) in [6, 6.07) is 0. The number of carbonyl (C=O) groups excluding carboxylic acids is 1. The zero-order valence-corrected chi connectivity index (χ0v) is 11.7. The van der Waals surface area contributed by atoms with Crippen molar-refractivity contribution in [2.75, 3.05) is 0 Å². The summed E-state index contributed by atoms with van der Waals surface area (Å²) in [4.78, 5) is 13.1. The van der Waals surface area contributed by atoms with E-state index in [9.17, 15) is 4.79 Å². The maximum atomic E-state index is 11.9. The second-order valence-corrected chi connectivity index (χ2v) is 5.08. The van der Waals surface area contributed by atoms with Crippen molar-refractivity contribution >= 4 is 17.5 Å². The van der Waals surface area contributed by atoms with Crippen molar-refractivity contribution in [2.45, 2.75) is 59.6 Å². The minimum atomic E-state index is 0.263. The summed E-state index contributed by atoms with van der Waals surface area (Å²) >= 11 is 1.89. The fraction of sp³-hybridized carbons (Fsp3) is 0.769. The molecule has 88 valence electrons. The van der Waals surface area contributed by atoms with E-state index in [2.05, 4.69) is 20.8 Å². The van der Waals surface area contributed by atoms with Gasteiger partial charge in [-0.25, -0.2) is 0 Å². The van der Waals surface area contributed by atoms with E-state index in [1.165, 1.54) is 4.91 Å². The molecule has 0 radical (unpaired) electrons. The summed E-state index contributed by atoms with van der Waals surface area (Å²) < 4.78 is 0. The molecule has 1 aliphatic heterocycles. The number of thioether (sulfide) groups is 1. The molecular formula is C13H24OS. The lowest BCUT2D eigenvalue weighted by molar-refractivity contribution is -0.119. The molecule has 0 aromatic rings. The topological polar surface area (TPSA) is 17.1 Å². The highest BCUT2D eigenvalue weighted by molar-refractivity contribution is 8.03. The highest BCUT2D eigenvalue weighted by Crippen LogP contribution is 2.39. The zero-order valence-electron chi connectivity index (χ0n) is 10.9. The number of Topliss-reactive ketones (excluding diaryl/α,β-unsaturated/α-hetero) is 1. The number of rotatable bonds is 2. The summed E-state index contributed by atoms with van der Waals surface area (Å²) in [5, 5.41) is 0.515. The van der Waals surface area contributed by atoms with Crippen LogP contribution in [0.3, 0.4) is 0 Å². The Kier molecular flexibility index (Phi) is 6.99. The van der Waals surface area contributed by atoms with Crippen LogP contribution in [-0.2, 0) is 4.79 Å². The van der Waals surface area contributed by atoms with Gasteiger partial charge >= 0.3 is 0 Å². The first-order valence-corrected chi connectivity index (χ1v) is 6.88. The summed E-state index contributed by atoms with van der Waals surface area (Å²) in [5.74, 6) is 0.643. The lowest BCUT2D eigenvalue weighted by atomic mass is 9.90. The quantitative estimate of drug-likeness (QED) is 0.695. The Balaban J connectivity index is 0.000000921. The Hall–Kier alpha value is -0.240. The average molecular weight is 228 g/mol. The van der Waals surface area contributed by atoms with Crippen molar-refractivity contribution in [1.29, 1.82) is 0 Å². The highest BCUT2D eigenvalue weighted by atomic mass is 32.2. The molecule has 2 unspecified atom stereocenters. The number of carbonyl (C=O) groups is 1. The molecule has 0 aliphatic carbocycles. The summed E-state index contributed by atoms with van der Waals surface area (Å²) in [6.07, 6.45) is 2.08. The first-order chi connectivity index (χ1) is 7.11. The van der Waals surface area contributed by atoms with E-state index in [4.69, 9.17) is 0 Å². The highest BCUT2D eigenvalue weighted by Gasteiger charge is 2.32. The average Bonchev–Trinajstić information content (AvgIpc) is 2.28. The number of ketones is 1. The number of hydrogen-bond donors (Lipinski definition) is 0. The van der Waals surface area contributed by atoms with Gasteiger partial charge in [-0.05, 0) is 31.6 Å². The summed E-state index contributed by atoms with van der Waals surface area (Å²) in [5.41, 5.74) is 0.988. The van der Waals surface area contributed by atoms with Crippen molar-refractivity contribution in [3.63, 3.8) is 0 Å². The Bertz CT molecular complexity index is 243. The van der Waals surface area contributed by atoms with Crippen LogP contribution in [0.4, 0.5) is 0 Å². The van der Waals surface area contributed by atoms with Crippen molar-refractivity contribution in [1.82, 2.24) is 0 Å².